The van der Waals surface area contributed by atoms with Gasteiger partial charge in [-0.15, -0.1) is 0 Å². The van der Waals surface area contributed by atoms with Crippen molar-refractivity contribution in [2.75, 3.05) is 24.3 Å². The first kappa shape index (κ1) is 13.7. The van der Waals surface area contributed by atoms with E-state index in [1.54, 1.807) is 17.4 Å². The third kappa shape index (κ3) is 3.62. The van der Waals surface area contributed by atoms with Gasteiger partial charge in [0, 0.05) is 12.2 Å². The first-order valence-corrected chi connectivity index (χ1v) is 7.03. The first-order chi connectivity index (χ1) is 9.20. The molecule has 0 spiro atoms. The summed E-state index contributed by atoms with van der Waals surface area (Å²) in [5.74, 6) is 0.705. The summed E-state index contributed by atoms with van der Waals surface area (Å²) >= 11 is 1.69. The summed E-state index contributed by atoms with van der Waals surface area (Å²) in [6, 6.07) is 5.44. The number of aliphatic hydroxyl groups excluding tert-OH is 1. The van der Waals surface area contributed by atoms with Gasteiger partial charge in [0.1, 0.15) is 12.4 Å². The van der Waals surface area contributed by atoms with Crippen LogP contribution in [-0.4, -0.2) is 18.3 Å². The molecule has 4 nitrogen and oxygen atoms in total. The summed E-state index contributed by atoms with van der Waals surface area (Å²) in [5, 5.41) is 16.4. The number of rotatable bonds is 6. The van der Waals surface area contributed by atoms with Gasteiger partial charge in [0.25, 0.3) is 0 Å². The molecule has 0 aliphatic rings. The molecule has 0 fully saturated rings. The highest BCUT2D eigenvalue weighted by atomic mass is 32.1. The molecule has 2 rings (SSSR count). The van der Waals surface area contributed by atoms with Crippen LogP contribution in [0.4, 0.5) is 11.4 Å². The average Bonchev–Trinajstić information content (AvgIpc) is 2.81. The van der Waals surface area contributed by atoms with E-state index in [0.717, 1.165) is 12.2 Å². The lowest BCUT2D eigenvalue weighted by atomic mass is 10.2. The van der Waals surface area contributed by atoms with E-state index in [1.165, 1.54) is 11.1 Å². The Morgan fingerprint density at radius 2 is 2.21 bits per heavy atom. The molecule has 2 aromatic rings. The van der Waals surface area contributed by atoms with Crippen molar-refractivity contribution in [3.63, 3.8) is 0 Å². The number of hydrogen-bond donors (Lipinski definition) is 3. The van der Waals surface area contributed by atoms with Crippen molar-refractivity contribution < 1.29 is 9.84 Å². The number of ether oxygens (including phenoxy) is 1. The Hall–Kier alpha value is -1.72. The van der Waals surface area contributed by atoms with E-state index in [9.17, 15) is 0 Å². The average molecular weight is 278 g/mol. The van der Waals surface area contributed by atoms with E-state index < -0.39 is 0 Å². The highest BCUT2D eigenvalue weighted by Crippen LogP contribution is 2.28. The van der Waals surface area contributed by atoms with Crippen molar-refractivity contribution in [1.29, 1.82) is 0 Å². The number of aliphatic hydroxyl groups is 1. The first-order valence-electron chi connectivity index (χ1n) is 6.09. The zero-order chi connectivity index (χ0) is 13.7. The molecule has 0 aliphatic carbocycles. The lowest BCUT2D eigenvalue weighted by molar-refractivity contribution is 0.202. The van der Waals surface area contributed by atoms with Gasteiger partial charge in [0.2, 0.25) is 0 Å². The Labute approximate surface area is 116 Å². The molecule has 4 N–H and O–H groups in total. The number of thiophene rings is 1. The van der Waals surface area contributed by atoms with Gasteiger partial charge in [-0.3, -0.25) is 0 Å². The van der Waals surface area contributed by atoms with E-state index in [4.69, 9.17) is 15.6 Å². The van der Waals surface area contributed by atoms with Crippen LogP contribution in [0.1, 0.15) is 11.1 Å². The number of nitrogens with one attached hydrogen (secondary N) is 1. The Balaban J connectivity index is 2.09. The molecule has 0 unspecified atom stereocenters. The second-order valence-electron chi connectivity index (χ2n) is 4.26. The Bertz CT molecular complexity index is 540. The Morgan fingerprint density at radius 1 is 1.37 bits per heavy atom. The standard InChI is InChI=1S/C14H18N2O2S/c1-10-8-19-9-11(10)7-16-13-6-12(15)2-3-14(13)18-5-4-17/h2-3,6,8-9,16-17H,4-5,7,15H2,1H3. The van der Waals surface area contributed by atoms with Crippen LogP contribution in [0.25, 0.3) is 0 Å². The van der Waals surface area contributed by atoms with E-state index in [2.05, 4.69) is 23.0 Å². The van der Waals surface area contributed by atoms with Crippen LogP contribution in [0.15, 0.2) is 29.0 Å². The molecule has 0 atom stereocenters. The van der Waals surface area contributed by atoms with Crippen molar-refractivity contribution in [3.8, 4) is 5.75 Å². The van der Waals surface area contributed by atoms with Crippen LogP contribution < -0.4 is 15.8 Å². The van der Waals surface area contributed by atoms with Gasteiger partial charge in [0.15, 0.2) is 0 Å². The molecule has 0 saturated carbocycles. The monoisotopic (exact) mass is 278 g/mol. The third-order valence-corrected chi connectivity index (χ3v) is 3.69. The van der Waals surface area contributed by atoms with Crippen LogP contribution in [-0.2, 0) is 6.54 Å². The largest absolute Gasteiger partial charge is 0.489 e. The van der Waals surface area contributed by atoms with Crippen molar-refractivity contribution in [1.82, 2.24) is 0 Å². The van der Waals surface area contributed by atoms with Gasteiger partial charge in [-0.25, -0.2) is 0 Å². The van der Waals surface area contributed by atoms with Crippen molar-refractivity contribution in [2.24, 2.45) is 0 Å². The normalized spacial score (nSPS) is 10.4. The number of benzene rings is 1. The molecule has 0 radical (unpaired) electrons. The number of nitrogens with two attached hydrogens (primary N) is 1. The van der Waals surface area contributed by atoms with E-state index in [1.807, 2.05) is 12.1 Å². The van der Waals surface area contributed by atoms with Gasteiger partial charge in [-0.2, -0.15) is 11.3 Å². The minimum atomic E-state index is -0.00649. The molecule has 0 saturated heterocycles. The van der Waals surface area contributed by atoms with Crippen LogP contribution in [0.3, 0.4) is 0 Å². The molecule has 102 valence electrons. The molecular weight excluding hydrogens is 260 g/mol. The summed E-state index contributed by atoms with van der Waals surface area (Å²) in [6.07, 6.45) is 0. The van der Waals surface area contributed by atoms with Gasteiger partial charge < -0.3 is 20.9 Å². The van der Waals surface area contributed by atoms with Crippen molar-refractivity contribution >= 4 is 22.7 Å². The predicted octanol–water partition coefficient (Wildman–Crippen LogP) is 2.62. The number of hydrogen-bond acceptors (Lipinski definition) is 5. The number of aryl methyl sites for hydroxylation is 1. The van der Waals surface area contributed by atoms with Gasteiger partial charge in [0.05, 0.1) is 12.3 Å². The molecule has 1 heterocycles. The lowest BCUT2D eigenvalue weighted by Gasteiger charge is -2.13. The topological polar surface area (TPSA) is 67.5 Å². The number of nitrogen functional groups attached to an aromatic ring is 1. The minimum Gasteiger partial charge on any atom is -0.489 e. The lowest BCUT2D eigenvalue weighted by Crippen LogP contribution is -2.06. The van der Waals surface area contributed by atoms with Crippen LogP contribution in [0.5, 0.6) is 5.75 Å². The van der Waals surface area contributed by atoms with E-state index in [-0.39, 0.29) is 13.2 Å². The fourth-order valence-electron chi connectivity index (χ4n) is 1.73. The summed E-state index contributed by atoms with van der Waals surface area (Å²) in [6.45, 7) is 3.09. The molecule has 1 aromatic carbocycles. The maximum Gasteiger partial charge on any atom is 0.142 e. The Kier molecular flexibility index (Phi) is 4.65. The van der Waals surface area contributed by atoms with Gasteiger partial charge >= 0.3 is 0 Å². The van der Waals surface area contributed by atoms with E-state index >= 15 is 0 Å². The van der Waals surface area contributed by atoms with Crippen molar-refractivity contribution in [3.05, 3.63) is 40.1 Å². The van der Waals surface area contributed by atoms with Crippen LogP contribution in [0.2, 0.25) is 0 Å². The summed E-state index contributed by atoms with van der Waals surface area (Å²) in [4.78, 5) is 0. The van der Waals surface area contributed by atoms with Gasteiger partial charge in [-0.1, -0.05) is 0 Å². The minimum absolute atomic E-state index is 0.00649. The SMILES string of the molecule is Cc1cscc1CNc1cc(N)ccc1OCCO. The number of anilines is 2. The fourth-order valence-corrected chi connectivity index (χ4v) is 2.58. The zero-order valence-corrected chi connectivity index (χ0v) is 11.7. The molecule has 0 bridgehead atoms. The van der Waals surface area contributed by atoms with Crippen LogP contribution >= 0.6 is 11.3 Å². The van der Waals surface area contributed by atoms with Crippen LogP contribution in [0, 0.1) is 6.92 Å². The fraction of sp³-hybridized carbons (Fsp3) is 0.286. The predicted molar refractivity (Wildman–Crippen MR) is 79.8 cm³/mol. The van der Waals surface area contributed by atoms with E-state index in [0.29, 0.717) is 11.4 Å². The molecule has 5 heteroatoms. The molecule has 19 heavy (non-hydrogen) atoms. The molecule has 0 aliphatic heterocycles. The van der Waals surface area contributed by atoms with Crippen molar-refractivity contribution in [2.45, 2.75) is 13.5 Å². The quantitative estimate of drug-likeness (QED) is 0.711. The summed E-state index contributed by atoms with van der Waals surface area (Å²) in [7, 11) is 0. The third-order valence-electron chi connectivity index (χ3n) is 2.78. The molecular formula is C14H18N2O2S. The Morgan fingerprint density at radius 3 is 2.89 bits per heavy atom. The second kappa shape index (κ2) is 6.45. The highest BCUT2D eigenvalue weighted by Gasteiger charge is 2.05. The zero-order valence-electron chi connectivity index (χ0n) is 10.8. The molecule has 0 amide bonds. The summed E-state index contributed by atoms with van der Waals surface area (Å²) < 4.78 is 5.48. The molecule has 1 aromatic heterocycles. The highest BCUT2D eigenvalue weighted by molar-refractivity contribution is 7.08. The summed E-state index contributed by atoms with van der Waals surface area (Å²) in [5.41, 5.74) is 9.86. The maximum absolute atomic E-state index is 8.82. The second-order valence-corrected chi connectivity index (χ2v) is 5.00. The smallest absolute Gasteiger partial charge is 0.142 e. The maximum atomic E-state index is 8.82. The van der Waals surface area contributed by atoms with Gasteiger partial charge in [-0.05, 0) is 47.0 Å².